The van der Waals surface area contributed by atoms with Crippen molar-refractivity contribution in [3.05, 3.63) is 0 Å². The van der Waals surface area contributed by atoms with Gasteiger partial charge >= 0.3 is 11.9 Å². The Labute approximate surface area is 103 Å². The summed E-state index contributed by atoms with van der Waals surface area (Å²) in [4.78, 5) is 23.2. The molecule has 0 rings (SSSR count). The Morgan fingerprint density at radius 3 is 1.82 bits per heavy atom. The number of rotatable bonds is 4. The Bertz CT molecular complexity index is 279. The van der Waals surface area contributed by atoms with Crippen LogP contribution in [0.2, 0.25) is 0 Å². The Morgan fingerprint density at radius 1 is 1.06 bits per heavy atom. The first-order valence-corrected chi connectivity index (χ1v) is 5.73. The van der Waals surface area contributed by atoms with Gasteiger partial charge in [0.2, 0.25) is 6.10 Å². The van der Waals surface area contributed by atoms with Gasteiger partial charge in [0, 0.05) is 5.92 Å². The molecule has 0 aliphatic heterocycles. The fourth-order valence-electron chi connectivity index (χ4n) is 1.05. The molecule has 0 saturated carbocycles. The summed E-state index contributed by atoms with van der Waals surface area (Å²) in [6.45, 7) is 10.3. The first-order chi connectivity index (χ1) is 7.54. The van der Waals surface area contributed by atoms with Crippen LogP contribution in [-0.2, 0) is 19.1 Å². The van der Waals surface area contributed by atoms with Crippen LogP contribution >= 0.6 is 0 Å². The zero-order chi connectivity index (χ0) is 13.8. The lowest BCUT2D eigenvalue weighted by Crippen LogP contribution is -2.41. The number of ether oxygens (including phenoxy) is 2. The topological polar surface area (TPSA) is 78.6 Å². The number of carbonyl (C=O) groups is 2. The first-order valence-electron chi connectivity index (χ1n) is 5.73. The Kier molecular flexibility index (Phi) is 5.61. The molecule has 5 heteroatoms. The average molecular weight is 245 g/mol. The monoisotopic (exact) mass is 245 g/mol. The predicted octanol–water partition coefficient (Wildman–Crippen LogP) is 1.24. The van der Waals surface area contributed by atoms with Crippen LogP contribution in [0, 0.1) is 5.92 Å². The molecule has 0 aromatic heterocycles. The highest BCUT2D eigenvalue weighted by molar-refractivity contribution is 5.81. The zero-order valence-corrected chi connectivity index (χ0v) is 11.4. The van der Waals surface area contributed by atoms with E-state index in [9.17, 15) is 9.59 Å². The molecule has 100 valence electrons. The van der Waals surface area contributed by atoms with Gasteiger partial charge in [0.25, 0.3) is 0 Å². The van der Waals surface area contributed by atoms with Gasteiger partial charge in [-0.05, 0) is 27.7 Å². The molecule has 0 aliphatic rings. The fourth-order valence-corrected chi connectivity index (χ4v) is 1.05. The number of hydrogen-bond acceptors (Lipinski definition) is 5. The molecule has 0 unspecified atom stereocenters. The molecule has 5 nitrogen and oxygen atoms in total. The summed E-state index contributed by atoms with van der Waals surface area (Å²) in [7, 11) is 0. The van der Waals surface area contributed by atoms with E-state index in [0.29, 0.717) is 0 Å². The van der Waals surface area contributed by atoms with Gasteiger partial charge in [-0.15, -0.1) is 0 Å². The molecule has 0 aromatic carbocycles. The number of carbonyl (C=O) groups excluding carboxylic acids is 2. The van der Waals surface area contributed by atoms with Crippen LogP contribution in [0.4, 0.5) is 0 Å². The second kappa shape index (κ2) is 6.00. The minimum Gasteiger partial charge on any atom is -0.457 e. The minimum absolute atomic E-state index is 0.160. The minimum atomic E-state index is -0.910. The maximum absolute atomic E-state index is 11.8. The lowest BCUT2D eigenvalue weighted by molar-refractivity contribution is -0.179. The lowest BCUT2D eigenvalue weighted by atomic mass is 10.1. The van der Waals surface area contributed by atoms with Crippen LogP contribution in [0.15, 0.2) is 0 Å². The van der Waals surface area contributed by atoms with Crippen molar-refractivity contribution in [1.29, 1.82) is 0 Å². The molecule has 0 saturated heterocycles. The molecule has 0 radical (unpaired) electrons. The van der Waals surface area contributed by atoms with E-state index in [1.54, 1.807) is 34.6 Å². The second-order valence-electron chi connectivity index (χ2n) is 5.42. The van der Waals surface area contributed by atoms with Gasteiger partial charge in [-0.1, -0.05) is 13.8 Å². The second-order valence-corrected chi connectivity index (χ2v) is 5.42. The van der Waals surface area contributed by atoms with Gasteiger partial charge in [-0.3, -0.25) is 4.79 Å². The summed E-state index contributed by atoms with van der Waals surface area (Å²) >= 11 is 0. The number of esters is 2. The van der Waals surface area contributed by atoms with Crippen molar-refractivity contribution in [1.82, 2.24) is 0 Å². The van der Waals surface area contributed by atoms with E-state index in [0.717, 1.165) is 0 Å². The third-order valence-corrected chi connectivity index (χ3v) is 1.86. The normalized spacial score (nSPS) is 15.3. The molecule has 0 bridgehead atoms. The molecule has 0 fully saturated rings. The highest BCUT2D eigenvalue weighted by Crippen LogP contribution is 2.15. The average Bonchev–Trinajstić information content (AvgIpc) is 2.09. The van der Waals surface area contributed by atoms with E-state index in [4.69, 9.17) is 15.2 Å². The standard InChI is InChI=1S/C12H23NO4/c1-7(2)9(16-10(14)8(3)13)11(15)17-12(4,5)6/h7-9H,13H2,1-6H3/t8-,9+/m1/s1. The molecule has 2 atom stereocenters. The van der Waals surface area contributed by atoms with E-state index in [-0.39, 0.29) is 5.92 Å². The van der Waals surface area contributed by atoms with Gasteiger partial charge in [0.05, 0.1) is 0 Å². The van der Waals surface area contributed by atoms with Gasteiger partial charge in [-0.25, -0.2) is 4.79 Å². The molecule has 0 amide bonds. The lowest BCUT2D eigenvalue weighted by Gasteiger charge is -2.26. The van der Waals surface area contributed by atoms with Crippen molar-refractivity contribution < 1.29 is 19.1 Å². The smallest absolute Gasteiger partial charge is 0.348 e. The van der Waals surface area contributed by atoms with Crippen molar-refractivity contribution in [2.24, 2.45) is 11.7 Å². The highest BCUT2D eigenvalue weighted by Gasteiger charge is 2.31. The molecular formula is C12H23NO4. The summed E-state index contributed by atoms with van der Waals surface area (Å²) in [5.41, 5.74) is 4.78. The van der Waals surface area contributed by atoms with Gasteiger partial charge in [-0.2, -0.15) is 0 Å². The van der Waals surface area contributed by atoms with Gasteiger partial charge in [0.1, 0.15) is 11.6 Å². The SMILES string of the molecule is CC(C)[C@H](OC(=O)[C@@H](C)N)C(=O)OC(C)(C)C. The van der Waals surface area contributed by atoms with E-state index in [1.165, 1.54) is 6.92 Å². The maximum atomic E-state index is 11.8. The van der Waals surface area contributed by atoms with E-state index in [1.807, 2.05) is 0 Å². The molecule has 0 spiro atoms. The number of hydrogen-bond donors (Lipinski definition) is 1. The molecule has 0 aromatic rings. The third kappa shape index (κ3) is 6.26. The van der Waals surface area contributed by atoms with Crippen LogP contribution in [0.1, 0.15) is 41.5 Å². The van der Waals surface area contributed by atoms with Crippen molar-refractivity contribution >= 4 is 11.9 Å². The maximum Gasteiger partial charge on any atom is 0.348 e. The molecule has 0 aliphatic carbocycles. The van der Waals surface area contributed by atoms with E-state index >= 15 is 0 Å². The Morgan fingerprint density at radius 2 is 1.53 bits per heavy atom. The van der Waals surface area contributed by atoms with Crippen molar-refractivity contribution in [3.8, 4) is 0 Å². The quantitative estimate of drug-likeness (QED) is 0.754. The Balaban J connectivity index is 4.64. The van der Waals surface area contributed by atoms with Crippen LogP contribution in [0.3, 0.4) is 0 Å². The van der Waals surface area contributed by atoms with Crippen LogP contribution < -0.4 is 5.73 Å². The largest absolute Gasteiger partial charge is 0.457 e. The van der Waals surface area contributed by atoms with Gasteiger partial charge in [0.15, 0.2) is 0 Å². The molecule has 17 heavy (non-hydrogen) atoms. The first kappa shape index (κ1) is 15.9. The van der Waals surface area contributed by atoms with Gasteiger partial charge < -0.3 is 15.2 Å². The highest BCUT2D eigenvalue weighted by atomic mass is 16.6. The zero-order valence-electron chi connectivity index (χ0n) is 11.4. The van der Waals surface area contributed by atoms with Crippen LogP contribution in [-0.4, -0.2) is 29.7 Å². The van der Waals surface area contributed by atoms with E-state index < -0.39 is 29.7 Å². The summed E-state index contributed by atoms with van der Waals surface area (Å²) in [5.74, 6) is -1.30. The fraction of sp³-hybridized carbons (Fsp3) is 0.833. The predicted molar refractivity (Wildman–Crippen MR) is 64.2 cm³/mol. The van der Waals surface area contributed by atoms with Crippen molar-refractivity contribution in [3.63, 3.8) is 0 Å². The van der Waals surface area contributed by atoms with Crippen LogP contribution in [0.25, 0.3) is 0 Å². The number of nitrogens with two attached hydrogens (primary N) is 1. The molecular weight excluding hydrogens is 222 g/mol. The third-order valence-electron chi connectivity index (χ3n) is 1.86. The van der Waals surface area contributed by atoms with Crippen molar-refractivity contribution in [2.75, 3.05) is 0 Å². The summed E-state index contributed by atoms with van der Waals surface area (Å²) < 4.78 is 10.2. The van der Waals surface area contributed by atoms with Crippen LogP contribution in [0.5, 0.6) is 0 Å². The summed E-state index contributed by atoms with van der Waals surface area (Å²) in [6, 6.07) is -0.751. The molecule has 2 N–H and O–H groups in total. The van der Waals surface area contributed by atoms with E-state index in [2.05, 4.69) is 0 Å². The Hall–Kier alpha value is -1.10. The van der Waals surface area contributed by atoms with Crippen molar-refractivity contribution in [2.45, 2.75) is 59.3 Å². The summed E-state index contributed by atoms with van der Waals surface area (Å²) in [6.07, 6.45) is -0.910. The molecule has 0 heterocycles. The summed E-state index contributed by atoms with van der Waals surface area (Å²) in [5, 5.41) is 0.